The predicted molar refractivity (Wildman–Crippen MR) is 218 cm³/mol. The average molecular weight is 752 g/mol. The van der Waals surface area contributed by atoms with Gasteiger partial charge in [-0.05, 0) is 70.5 Å². The van der Waals surface area contributed by atoms with Crippen molar-refractivity contribution >= 4 is 17.1 Å². The van der Waals surface area contributed by atoms with Crippen LogP contribution in [0.1, 0.15) is 66.0 Å². The van der Waals surface area contributed by atoms with E-state index in [9.17, 15) is 14.7 Å². The lowest BCUT2D eigenvalue weighted by molar-refractivity contribution is -0.276. The summed E-state index contributed by atoms with van der Waals surface area (Å²) in [6.07, 6.45) is 0.821. The molecule has 0 bridgehead atoms. The lowest BCUT2D eigenvalue weighted by Gasteiger charge is -2.44. The number of likely N-dealkylation sites (tertiary alicyclic amines) is 1. The van der Waals surface area contributed by atoms with Crippen molar-refractivity contribution in [3.8, 4) is 11.1 Å². The number of fused-ring (bicyclic) bond motifs is 1. The van der Waals surface area contributed by atoms with Gasteiger partial charge in [-0.1, -0.05) is 110 Å². The third kappa shape index (κ3) is 8.49. The number of aromatic nitrogens is 2. The van der Waals surface area contributed by atoms with Crippen molar-refractivity contribution in [2.75, 3.05) is 19.6 Å². The van der Waals surface area contributed by atoms with Gasteiger partial charge in [0.2, 0.25) is 0 Å². The molecule has 4 atom stereocenters. The second kappa shape index (κ2) is 17.1. The van der Waals surface area contributed by atoms with Gasteiger partial charge in [0.25, 0.3) is 0 Å². The van der Waals surface area contributed by atoms with Gasteiger partial charge >= 0.3 is 11.7 Å². The molecule has 1 aromatic heterocycles. The summed E-state index contributed by atoms with van der Waals surface area (Å²) < 4.78 is 15.6. The number of ether oxygens (including phenoxy) is 2. The molecule has 10 nitrogen and oxygen atoms in total. The summed E-state index contributed by atoms with van der Waals surface area (Å²) in [6, 6.07) is 42.2. The second-order valence-electron chi connectivity index (χ2n) is 15.0. The summed E-state index contributed by atoms with van der Waals surface area (Å²) in [5.74, 6) is 0.0532. The van der Waals surface area contributed by atoms with Gasteiger partial charge in [-0.2, -0.15) is 0 Å². The standard InChI is InChI=1S/C46H49N5O5/c1-31-42(29-50-23-21-39(22-24-50)51-41-16-6-5-15-40(41)49-46(51)54)55-44(56-43(31)35-19-17-33(30-52)18-20-35)38-14-8-13-37(26-38)36-12-7-11-34(25-36)28-48-45(53)47-27-32-9-3-2-4-10-32/h2-20,25-26,31,39,42-44,52H,21-24,27-30H2,1H3,(H,49,54)(H2,47,48,53). The van der Waals surface area contributed by atoms with Gasteiger partial charge in [0.15, 0.2) is 6.29 Å². The Morgan fingerprint density at radius 2 is 1.43 bits per heavy atom. The number of hydrogen-bond donors (Lipinski definition) is 4. The van der Waals surface area contributed by atoms with E-state index in [2.05, 4.69) is 69.9 Å². The molecule has 2 amide bonds. The fourth-order valence-electron chi connectivity index (χ4n) is 8.13. The van der Waals surface area contributed by atoms with Crippen molar-refractivity contribution in [2.24, 2.45) is 5.92 Å². The number of nitrogens with zero attached hydrogens (tertiary/aromatic N) is 2. The second-order valence-corrected chi connectivity index (χ2v) is 15.0. The number of piperidine rings is 1. The number of aliphatic hydroxyl groups is 1. The van der Waals surface area contributed by atoms with Gasteiger partial charge in [-0.3, -0.25) is 4.57 Å². The van der Waals surface area contributed by atoms with E-state index in [1.165, 1.54) is 0 Å². The molecule has 2 aliphatic rings. The Morgan fingerprint density at radius 1 is 0.750 bits per heavy atom. The highest BCUT2D eigenvalue weighted by Gasteiger charge is 2.40. The Bertz CT molecular complexity index is 2300. The number of urea groups is 1. The van der Waals surface area contributed by atoms with Gasteiger partial charge in [0.1, 0.15) is 0 Å². The molecule has 3 heterocycles. The van der Waals surface area contributed by atoms with E-state index in [0.717, 1.165) is 82.5 Å². The monoisotopic (exact) mass is 751 g/mol. The van der Waals surface area contributed by atoms with Crippen LogP contribution in [0.2, 0.25) is 0 Å². The number of hydrogen-bond acceptors (Lipinski definition) is 6. The maximum Gasteiger partial charge on any atom is 0.326 e. The van der Waals surface area contributed by atoms with E-state index in [-0.39, 0.29) is 42.5 Å². The van der Waals surface area contributed by atoms with Crippen LogP contribution in [0.15, 0.2) is 132 Å². The van der Waals surface area contributed by atoms with Crippen molar-refractivity contribution < 1.29 is 19.4 Å². The van der Waals surface area contributed by atoms with E-state index >= 15 is 0 Å². The molecular weight excluding hydrogens is 703 g/mol. The van der Waals surface area contributed by atoms with E-state index in [1.807, 2.05) is 89.5 Å². The van der Waals surface area contributed by atoms with Crippen molar-refractivity contribution in [1.82, 2.24) is 25.1 Å². The van der Waals surface area contributed by atoms with Gasteiger partial charge in [-0.25, -0.2) is 9.59 Å². The summed E-state index contributed by atoms with van der Waals surface area (Å²) in [5, 5.41) is 15.6. The Kier molecular flexibility index (Phi) is 11.4. The van der Waals surface area contributed by atoms with Gasteiger partial charge in [0, 0.05) is 50.2 Å². The van der Waals surface area contributed by atoms with Crippen LogP contribution in [0.25, 0.3) is 22.2 Å². The maximum atomic E-state index is 12.9. The Hall–Kier alpha value is -5.52. The molecule has 0 spiro atoms. The summed E-state index contributed by atoms with van der Waals surface area (Å²) in [6.45, 7) is 5.51. The molecular formula is C46H49N5O5. The van der Waals surface area contributed by atoms with Crippen LogP contribution in [0.3, 0.4) is 0 Å². The van der Waals surface area contributed by atoms with E-state index in [1.54, 1.807) is 0 Å². The van der Waals surface area contributed by atoms with Crippen LogP contribution >= 0.6 is 0 Å². The number of carbonyl (C=O) groups is 1. The molecule has 4 unspecified atom stereocenters. The summed E-state index contributed by atoms with van der Waals surface area (Å²) in [5.41, 5.74) is 8.72. The van der Waals surface area contributed by atoms with Crippen LogP contribution in [-0.2, 0) is 29.2 Å². The molecule has 6 aromatic rings. The third-order valence-corrected chi connectivity index (χ3v) is 11.3. The highest BCUT2D eigenvalue weighted by Crippen LogP contribution is 2.43. The Morgan fingerprint density at radius 3 is 2.20 bits per heavy atom. The fourth-order valence-corrected chi connectivity index (χ4v) is 8.13. The zero-order valence-electron chi connectivity index (χ0n) is 31.6. The van der Waals surface area contributed by atoms with Gasteiger partial charge in [-0.15, -0.1) is 0 Å². The minimum Gasteiger partial charge on any atom is -0.392 e. The average Bonchev–Trinajstić information content (AvgIpc) is 3.59. The molecule has 5 aromatic carbocycles. The zero-order chi connectivity index (χ0) is 38.4. The van der Waals surface area contributed by atoms with Crippen molar-refractivity contribution in [1.29, 1.82) is 0 Å². The van der Waals surface area contributed by atoms with Crippen molar-refractivity contribution in [3.05, 3.63) is 166 Å². The van der Waals surface area contributed by atoms with Crippen LogP contribution in [0.5, 0.6) is 0 Å². The highest BCUT2D eigenvalue weighted by atomic mass is 16.7. The van der Waals surface area contributed by atoms with Crippen LogP contribution in [0, 0.1) is 5.92 Å². The molecule has 2 aliphatic heterocycles. The first-order chi connectivity index (χ1) is 27.4. The number of aromatic amines is 1. The molecule has 0 aliphatic carbocycles. The number of imidazole rings is 1. The zero-order valence-corrected chi connectivity index (χ0v) is 31.6. The van der Waals surface area contributed by atoms with Crippen molar-refractivity contribution in [2.45, 2.75) is 64.0 Å². The Balaban J connectivity index is 0.967. The summed E-state index contributed by atoms with van der Waals surface area (Å²) in [7, 11) is 0. The fraction of sp³-hybridized carbons (Fsp3) is 0.304. The topological polar surface area (TPSA) is 121 Å². The molecule has 56 heavy (non-hydrogen) atoms. The van der Waals surface area contributed by atoms with Gasteiger partial charge < -0.3 is 35.1 Å². The largest absolute Gasteiger partial charge is 0.392 e. The van der Waals surface area contributed by atoms with Crippen molar-refractivity contribution in [3.63, 3.8) is 0 Å². The smallest absolute Gasteiger partial charge is 0.326 e. The molecule has 288 valence electrons. The first-order valence-corrected chi connectivity index (χ1v) is 19.6. The normalized spacial score (nSPS) is 20.5. The number of rotatable bonds is 11. The minimum atomic E-state index is -0.598. The first-order valence-electron chi connectivity index (χ1n) is 19.6. The summed E-state index contributed by atoms with van der Waals surface area (Å²) in [4.78, 5) is 31.0. The third-order valence-electron chi connectivity index (χ3n) is 11.3. The highest BCUT2D eigenvalue weighted by molar-refractivity contribution is 5.75. The minimum absolute atomic E-state index is 0.0120. The predicted octanol–water partition coefficient (Wildman–Crippen LogP) is 7.62. The lowest BCUT2D eigenvalue weighted by Crippen LogP contribution is -2.47. The molecule has 4 N–H and O–H groups in total. The number of amides is 2. The molecule has 10 heteroatoms. The SMILES string of the molecule is CC1C(CN2CCC(n3c(=O)[nH]c4ccccc43)CC2)OC(c2cccc(-c3cccc(CNC(=O)NCc4ccccc4)c3)c2)OC1c1ccc(CO)cc1. The molecule has 8 rings (SSSR count). The number of carbonyl (C=O) groups excluding carboxylic acids is 1. The Labute approximate surface area is 327 Å². The number of nitrogens with one attached hydrogen (secondary N) is 3. The molecule has 2 saturated heterocycles. The van der Waals surface area contributed by atoms with E-state index in [4.69, 9.17) is 9.47 Å². The number of H-pyrrole nitrogens is 1. The van der Waals surface area contributed by atoms with Crippen LogP contribution < -0.4 is 16.3 Å². The van der Waals surface area contributed by atoms with Crippen LogP contribution in [0.4, 0.5) is 4.79 Å². The molecule has 0 radical (unpaired) electrons. The lowest BCUT2D eigenvalue weighted by atomic mass is 9.89. The quantitative estimate of drug-likeness (QED) is 0.108. The first kappa shape index (κ1) is 37.4. The van der Waals surface area contributed by atoms with E-state index in [0.29, 0.717) is 13.1 Å². The van der Waals surface area contributed by atoms with Gasteiger partial charge in [0.05, 0.1) is 29.8 Å². The number of para-hydroxylation sites is 2. The number of aliphatic hydroxyl groups excluding tert-OH is 1. The number of benzene rings is 5. The van der Waals surface area contributed by atoms with E-state index < -0.39 is 6.29 Å². The molecule has 0 saturated carbocycles. The van der Waals surface area contributed by atoms with Crippen LogP contribution in [-0.4, -0.2) is 51.3 Å². The molecule has 2 fully saturated rings. The maximum absolute atomic E-state index is 12.9. The summed E-state index contributed by atoms with van der Waals surface area (Å²) >= 11 is 0.